The van der Waals surface area contributed by atoms with Crippen LogP contribution in [-0.2, 0) is 10.0 Å². The van der Waals surface area contributed by atoms with Crippen LogP contribution in [0.15, 0.2) is 53.4 Å². The molecular formula is C17H19NO4S. The number of benzene rings is 2. The smallest absolute Gasteiger partial charge is 0.261 e. The molecule has 0 aliphatic rings. The second-order valence-corrected chi connectivity index (χ2v) is 6.74. The fourth-order valence-corrected chi connectivity index (χ4v) is 3.00. The summed E-state index contributed by atoms with van der Waals surface area (Å²) in [4.78, 5) is 11.5. The van der Waals surface area contributed by atoms with Crippen LogP contribution >= 0.6 is 0 Å². The zero-order valence-electron chi connectivity index (χ0n) is 13.1. The number of ether oxygens (including phenoxy) is 1. The van der Waals surface area contributed by atoms with Crippen molar-refractivity contribution >= 4 is 21.5 Å². The fourth-order valence-electron chi connectivity index (χ4n) is 1.95. The molecule has 0 saturated heterocycles. The van der Waals surface area contributed by atoms with Gasteiger partial charge in [0, 0.05) is 11.3 Å². The van der Waals surface area contributed by atoms with Gasteiger partial charge in [0.2, 0.25) is 0 Å². The van der Waals surface area contributed by atoms with Gasteiger partial charge in [0.25, 0.3) is 10.0 Å². The van der Waals surface area contributed by atoms with Crippen molar-refractivity contribution in [3.8, 4) is 5.75 Å². The molecule has 0 atom stereocenters. The van der Waals surface area contributed by atoms with Crippen molar-refractivity contribution in [1.29, 1.82) is 0 Å². The van der Waals surface area contributed by atoms with Crippen molar-refractivity contribution in [2.75, 3.05) is 11.3 Å². The van der Waals surface area contributed by atoms with Crippen molar-refractivity contribution in [2.45, 2.75) is 25.2 Å². The van der Waals surface area contributed by atoms with Gasteiger partial charge in [-0.3, -0.25) is 9.52 Å². The Balaban J connectivity index is 2.18. The number of hydrogen-bond donors (Lipinski definition) is 1. The average Bonchev–Trinajstić information content (AvgIpc) is 2.53. The number of carbonyl (C=O) groups excluding carboxylic acids is 1. The topological polar surface area (TPSA) is 72.5 Å². The lowest BCUT2D eigenvalue weighted by molar-refractivity contribution is 0.101. The van der Waals surface area contributed by atoms with E-state index in [1.807, 2.05) is 6.92 Å². The van der Waals surface area contributed by atoms with Crippen LogP contribution in [0.2, 0.25) is 0 Å². The molecule has 122 valence electrons. The molecule has 0 saturated carbocycles. The summed E-state index contributed by atoms with van der Waals surface area (Å²) >= 11 is 0. The van der Waals surface area contributed by atoms with E-state index in [2.05, 4.69) is 4.72 Å². The van der Waals surface area contributed by atoms with Gasteiger partial charge in [-0.25, -0.2) is 8.42 Å². The first-order chi connectivity index (χ1) is 10.9. The van der Waals surface area contributed by atoms with Crippen LogP contribution in [0.25, 0.3) is 0 Å². The van der Waals surface area contributed by atoms with E-state index in [-0.39, 0.29) is 10.7 Å². The van der Waals surface area contributed by atoms with Gasteiger partial charge in [-0.15, -0.1) is 0 Å². The molecule has 0 aliphatic heterocycles. The maximum Gasteiger partial charge on any atom is 0.261 e. The van der Waals surface area contributed by atoms with Gasteiger partial charge >= 0.3 is 0 Å². The number of Topliss-reactive ketones (excluding diaryl/α,β-unsaturated/α-hetero) is 1. The highest BCUT2D eigenvalue weighted by Gasteiger charge is 2.14. The second-order valence-electron chi connectivity index (χ2n) is 5.06. The predicted molar refractivity (Wildman–Crippen MR) is 89.5 cm³/mol. The molecule has 2 aromatic rings. The summed E-state index contributed by atoms with van der Waals surface area (Å²) in [7, 11) is -3.71. The Hall–Kier alpha value is -2.34. The molecule has 2 rings (SSSR count). The summed E-state index contributed by atoms with van der Waals surface area (Å²) in [5, 5.41) is 0. The summed E-state index contributed by atoms with van der Waals surface area (Å²) in [6.07, 6.45) is 0.883. The van der Waals surface area contributed by atoms with Crippen molar-refractivity contribution in [3.05, 3.63) is 54.1 Å². The molecular weight excluding hydrogens is 314 g/mol. The molecule has 0 unspecified atom stereocenters. The Labute approximate surface area is 136 Å². The Kier molecular flexibility index (Phi) is 5.39. The standard InChI is InChI=1S/C17H19NO4S/c1-3-11-22-16-7-9-17(10-8-16)23(20,21)18-15-6-4-5-14(12-15)13(2)19/h4-10,12,18H,3,11H2,1-2H3. The lowest BCUT2D eigenvalue weighted by atomic mass is 10.1. The van der Waals surface area contributed by atoms with Crippen LogP contribution in [0.5, 0.6) is 5.75 Å². The minimum absolute atomic E-state index is 0.122. The normalized spacial score (nSPS) is 11.0. The molecule has 0 aliphatic carbocycles. The Bertz CT molecular complexity index is 782. The molecule has 23 heavy (non-hydrogen) atoms. The van der Waals surface area contributed by atoms with E-state index in [1.165, 1.54) is 25.1 Å². The van der Waals surface area contributed by atoms with Gasteiger partial charge in [-0.1, -0.05) is 19.1 Å². The van der Waals surface area contributed by atoms with E-state index in [0.29, 0.717) is 23.6 Å². The monoisotopic (exact) mass is 333 g/mol. The van der Waals surface area contributed by atoms with Crippen LogP contribution < -0.4 is 9.46 Å². The molecule has 0 aromatic heterocycles. The Morgan fingerprint density at radius 1 is 1.13 bits per heavy atom. The molecule has 0 fully saturated rings. The van der Waals surface area contributed by atoms with Gasteiger partial charge in [-0.2, -0.15) is 0 Å². The molecule has 0 bridgehead atoms. The number of sulfonamides is 1. The molecule has 5 nitrogen and oxygen atoms in total. The van der Waals surface area contributed by atoms with Crippen LogP contribution in [0, 0.1) is 0 Å². The molecule has 6 heteroatoms. The van der Waals surface area contributed by atoms with Crippen molar-refractivity contribution in [1.82, 2.24) is 0 Å². The molecule has 2 aromatic carbocycles. The minimum Gasteiger partial charge on any atom is -0.494 e. The van der Waals surface area contributed by atoms with Gasteiger partial charge in [-0.05, 0) is 49.7 Å². The van der Waals surface area contributed by atoms with E-state index in [0.717, 1.165) is 6.42 Å². The maximum absolute atomic E-state index is 12.4. The van der Waals surface area contributed by atoms with Crippen molar-refractivity contribution in [2.24, 2.45) is 0 Å². The first kappa shape index (κ1) is 17.0. The van der Waals surface area contributed by atoms with Gasteiger partial charge < -0.3 is 4.74 Å². The van der Waals surface area contributed by atoms with Crippen molar-refractivity contribution in [3.63, 3.8) is 0 Å². The zero-order valence-corrected chi connectivity index (χ0v) is 13.9. The number of hydrogen-bond acceptors (Lipinski definition) is 4. The summed E-state index contributed by atoms with van der Waals surface area (Å²) < 4.78 is 32.6. The van der Waals surface area contributed by atoms with Gasteiger partial charge in [0.15, 0.2) is 5.78 Å². The average molecular weight is 333 g/mol. The predicted octanol–water partition coefficient (Wildman–Crippen LogP) is 3.48. The second kappa shape index (κ2) is 7.28. The fraction of sp³-hybridized carbons (Fsp3) is 0.235. The number of rotatable bonds is 7. The molecule has 0 radical (unpaired) electrons. The highest BCUT2D eigenvalue weighted by atomic mass is 32.2. The number of anilines is 1. The van der Waals surface area contributed by atoms with Gasteiger partial charge in [0.1, 0.15) is 5.75 Å². The number of carbonyl (C=O) groups is 1. The van der Waals surface area contributed by atoms with E-state index in [1.54, 1.807) is 30.3 Å². The van der Waals surface area contributed by atoms with Crippen LogP contribution in [0.1, 0.15) is 30.6 Å². The zero-order chi connectivity index (χ0) is 16.9. The molecule has 0 amide bonds. The summed E-state index contributed by atoms with van der Waals surface area (Å²) in [6, 6.07) is 12.6. The van der Waals surface area contributed by atoms with E-state index < -0.39 is 10.0 Å². The Morgan fingerprint density at radius 2 is 1.83 bits per heavy atom. The Morgan fingerprint density at radius 3 is 2.43 bits per heavy atom. The highest BCUT2D eigenvalue weighted by molar-refractivity contribution is 7.92. The van der Waals surface area contributed by atoms with Crippen LogP contribution in [0.4, 0.5) is 5.69 Å². The SMILES string of the molecule is CCCOc1ccc(S(=O)(=O)Nc2cccc(C(C)=O)c2)cc1. The van der Waals surface area contributed by atoms with Crippen LogP contribution in [0.3, 0.4) is 0 Å². The highest BCUT2D eigenvalue weighted by Crippen LogP contribution is 2.20. The minimum atomic E-state index is -3.71. The maximum atomic E-state index is 12.4. The first-order valence-electron chi connectivity index (χ1n) is 7.29. The third-order valence-corrected chi connectivity index (χ3v) is 4.53. The lowest BCUT2D eigenvalue weighted by Crippen LogP contribution is -2.13. The largest absolute Gasteiger partial charge is 0.494 e. The van der Waals surface area contributed by atoms with Crippen LogP contribution in [-0.4, -0.2) is 20.8 Å². The third-order valence-electron chi connectivity index (χ3n) is 3.13. The van der Waals surface area contributed by atoms with E-state index >= 15 is 0 Å². The molecule has 1 N–H and O–H groups in total. The van der Waals surface area contributed by atoms with Crippen molar-refractivity contribution < 1.29 is 17.9 Å². The number of nitrogens with one attached hydrogen (secondary N) is 1. The summed E-state index contributed by atoms with van der Waals surface area (Å²) in [5.74, 6) is 0.507. The third kappa shape index (κ3) is 4.56. The van der Waals surface area contributed by atoms with Gasteiger partial charge in [0.05, 0.1) is 11.5 Å². The van der Waals surface area contributed by atoms with E-state index in [4.69, 9.17) is 4.74 Å². The summed E-state index contributed by atoms with van der Waals surface area (Å²) in [5.41, 5.74) is 0.803. The summed E-state index contributed by atoms with van der Waals surface area (Å²) in [6.45, 7) is 4.02. The number of ketones is 1. The first-order valence-corrected chi connectivity index (χ1v) is 8.77. The van der Waals surface area contributed by atoms with E-state index in [9.17, 15) is 13.2 Å². The molecule has 0 spiro atoms. The molecule has 0 heterocycles. The quantitative estimate of drug-likeness (QED) is 0.787. The lowest BCUT2D eigenvalue weighted by Gasteiger charge is -2.10.